The van der Waals surface area contributed by atoms with Crippen molar-refractivity contribution in [3.63, 3.8) is 0 Å². The van der Waals surface area contributed by atoms with Gasteiger partial charge < -0.3 is 15.8 Å². The summed E-state index contributed by atoms with van der Waals surface area (Å²) in [5, 5.41) is 2.82. The molecule has 0 atom stereocenters. The van der Waals surface area contributed by atoms with Crippen LogP contribution in [0.5, 0.6) is 5.75 Å². The second-order valence-electron chi connectivity index (χ2n) is 4.43. The lowest BCUT2D eigenvalue weighted by Crippen LogP contribution is -2.17. The van der Waals surface area contributed by atoms with Crippen molar-refractivity contribution >= 4 is 28.8 Å². The zero-order valence-corrected chi connectivity index (χ0v) is 11.4. The van der Waals surface area contributed by atoms with E-state index >= 15 is 0 Å². The van der Waals surface area contributed by atoms with Crippen molar-refractivity contribution in [2.75, 3.05) is 11.9 Å². The summed E-state index contributed by atoms with van der Waals surface area (Å²) >= 11 is 4.71. The molecule has 1 aromatic rings. The van der Waals surface area contributed by atoms with Gasteiger partial charge >= 0.3 is 0 Å². The molecule has 98 valence electrons. The van der Waals surface area contributed by atoms with Crippen LogP contribution in [0.4, 0.5) is 5.69 Å². The fourth-order valence-electron chi connectivity index (χ4n) is 1.37. The van der Waals surface area contributed by atoms with E-state index in [9.17, 15) is 4.79 Å². The van der Waals surface area contributed by atoms with Crippen LogP contribution in [0.2, 0.25) is 0 Å². The van der Waals surface area contributed by atoms with Gasteiger partial charge in [0, 0.05) is 12.1 Å². The lowest BCUT2D eigenvalue weighted by molar-refractivity contribution is -0.116. The quantitative estimate of drug-likeness (QED) is 0.776. The first-order chi connectivity index (χ1) is 8.47. The number of amides is 1. The molecule has 4 nitrogen and oxygen atoms in total. The molecule has 0 radical (unpaired) electrons. The number of carbonyl (C=O) groups is 1. The molecule has 1 rings (SSSR count). The molecule has 0 saturated carbocycles. The first-order valence-corrected chi connectivity index (χ1v) is 6.19. The molecular weight excluding hydrogens is 248 g/mol. The molecule has 1 amide bonds. The molecule has 0 bridgehead atoms. The van der Waals surface area contributed by atoms with Crippen LogP contribution in [0, 0.1) is 5.92 Å². The first kappa shape index (κ1) is 14.4. The Morgan fingerprint density at radius 3 is 2.50 bits per heavy atom. The topological polar surface area (TPSA) is 64.3 Å². The Morgan fingerprint density at radius 2 is 2.00 bits per heavy atom. The number of benzene rings is 1. The van der Waals surface area contributed by atoms with Gasteiger partial charge in [-0.3, -0.25) is 4.79 Å². The van der Waals surface area contributed by atoms with Gasteiger partial charge in [0.25, 0.3) is 0 Å². The Hall–Kier alpha value is -1.62. The lowest BCUT2D eigenvalue weighted by Gasteiger charge is -2.08. The fraction of sp³-hybridized carbons (Fsp3) is 0.385. The zero-order valence-electron chi connectivity index (χ0n) is 10.6. The predicted octanol–water partition coefficient (Wildman–Crippen LogP) is 2.34. The molecule has 0 saturated heterocycles. The predicted molar refractivity (Wildman–Crippen MR) is 76.8 cm³/mol. The summed E-state index contributed by atoms with van der Waals surface area (Å²) in [6, 6.07) is 7.10. The molecule has 0 aliphatic carbocycles. The maximum absolute atomic E-state index is 11.5. The number of carbonyl (C=O) groups excluding carboxylic acids is 1. The third-order valence-electron chi connectivity index (χ3n) is 2.11. The molecule has 5 heteroatoms. The SMILES string of the molecule is CC(C)CC(=O)Nc1ccc(OCC(N)=S)cc1. The number of nitrogens with one attached hydrogen (secondary N) is 1. The molecule has 0 heterocycles. The van der Waals surface area contributed by atoms with Crippen molar-refractivity contribution in [3.05, 3.63) is 24.3 Å². The van der Waals surface area contributed by atoms with E-state index in [0.29, 0.717) is 23.1 Å². The van der Waals surface area contributed by atoms with Crippen molar-refractivity contribution in [1.82, 2.24) is 0 Å². The van der Waals surface area contributed by atoms with Crippen LogP contribution in [-0.2, 0) is 4.79 Å². The monoisotopic (exact) mass is 266 g/mol. The van der Waals surface area contributed by atoms with Crippen LogP contribution in [0.3, 0.4) is 0 Å². The minimum Gasteiger partial charge on any atom is -0.487 e. The molecule has 0 unspecified atom stereocenters. The maximum atomic E-state index is 11.5. The van der Waals surface area contributed by atoms with Crippen LogP contribution in [0.15, 0.2) is 24.3 Å². The molecule has 3 N–H and O–H groups in total. The van der Waals surface area contributed by atoms with Crippen molar-refractivity contribution in [2.45, 2.75) is 20.3 Å². The molecule has 0 aromatic heterocycles. The molecule has 1 aromatic carbocycles. The van der Waals surface area contributed by atoms with E-state index in [2.05, 4.69) is 5.32 Å². The van der Waals surface area contributed by atoms with Crippen LogP contribution in [0.25, 0.3) is 0 Å². The van der Waals surface area contributed by atoms with Gasteiger partial charge in [0.2, 0.25) is 5.91 Å². The van der Waals surface area contributed by atoms with E-state index in [1.807, 2.05) is 13.8 Å². The summed E-state index contributed by atoms with van der Waals surface area (Å²) in [7, 11) is 0. The van der Waals surface area contributed by atoms with Gasteiger partial charge in [-0.1, -0.05) is 26.1 Å². The average Bonchev–Trinajstić information content (AvgIpc) is 2.26. The van der Waals surface area contributed by atoms with E-state index in [1.54, 1.807) is 24.3 Å². The van der Waals surface area contributed by atoms with E-state index in [4.69, 9.17) is 22.7 Å². The molecule has 0 aliphatic rings. The standard InChI is InChI=1S/C13H18N2O2S/c1-9(2)7-13(16)15-10-3-5-11(6-4-10)17-8-12(14)18/h3-6,9H,7-8H2,1-2H3,(H2,14,18)(H,15,16). The van der Waals surface area contributed by atoms with Crippen molar-refractivity contribution in [1.29, 1.82) is 0 Å². The lowest BCUT2D eigenvalue weighted by atomic mass is 10.1. The van der Waals surface area contributed by atoms with Gasteiger partial charge in [-0.05, 0) is 30.2 Å². The van der Waals surface area contributed by atoms with Crippen LogP contribution in [0.1, 0.15) is 20.3 Å². The highest BCUT2D eigenvalue weighted by Gasteiger charge is 2.05. The summed E-state index contributed by atoms with van der Waals surface area (Å²) in [6.45, 7) is 4.23. The number of thiocarbonyl (C=S) groups is 1. The Kier molecular flexibility index (Phi) is 5.58. The minimum absolute atomic E-state index is 0.0156. The average molecular weight is 266 g/mol. The van der Waals surface area contributed by atoms with Gasteiger partial charge in [-0.25, -0.2) is 0 Å². The van der Waals surface area contributed by atoms with E-state index in [0.717, 1.165) is 5.69 Å². The largest absolute Gasteiger partial charge is 0.487 e. The van der Waals surface area contributed by atoms with Crippen molar-refractivity contribution in [3.8, 4) is 5.75 Å². The number of anilines is 1. The van der Waals surface area contributed by atoms with Gasteiger partial charge in [0.15, 0.2) is 0 Å². The highest BCUT2D eigenvalue weighted by molar-refractivity contribution is 7.80. The van der Waals surface area contributed by atoms with E-state index in [-0.39, 0.29) is 12.5 Å². The van der Waals surface area contributed by atoms with Crippen molar-refractivity contribution < 1.29 is 9.53 Å². The van der Waals surface area contributed by atoms with Crippen molar-refractivity contribution in [2.24, 2.45) is 11.7 Å². The number of hydrogen-bond donors (Lipinski definition) is 2. The first-order valence-electron chi connectivity index (χ1n) is 5.78. The summed E-state index contributed by atoms with van der Waals surface area (Å²) in [5.74, 6) is 1.03. The van der Waals surface area contributed by atoms with Gasteiger partial charge in [-0.2, -0.15) is 0 Å². The molecular formula is C13H18N2O2S. The highest BCUT2D eigenvalue weighted by Crippen LogP contribution is 2.16. The molecule has 18 heavy (non-hydrogen) atoms. The van der Waals surface area contributed by atoms with Gasteiger partial charge in [0.1, 0.15) is 17.3 Å². The zero-order chi connectivity index (χ0) is 13.5. The molecule has 0 spiro atoms. The molecule has 0 fully saturated rings. The van der Waals surface area contributed by atoms with Gasteiger partial charge in [0.05, 0.1) is 0 Å². The minimum atomic E-state index is 0.0156. The highest BCUT2D eigenvalue weighted by atomic mass is 32.1. The summed E-state index contributed by atoms with van der Waals surface area (Å²) in [4.78, 5) is 11.9. The number of ether oxygens (including phenoxy) is 1. The Labute approximate surface area is 113 Å². The number of hydrogen-bond acceptors (Lipinski definition) is 3. The normalized spacial score (nSPS) is 10.2. The fourth-order valence-corrected chi connectivity index (χ4v) is 1.43. The van der Waals surface area contributed by atoms with E-state index in [1.165, 1.54) is 0 Å². The smallest absolute Gasteiger partial charge is 0.224 e. The Bertz CT molecular complexity index is 416. The summed E-state index contributed by atoms with van der Waals surface area (Å²) in [6.07, 6.45) is 0.514. The van der Waals surface area contributed by atoms with Crippen LogP contribution in [-0.4, -0.2) is 17.5 Å². The number of rotatable bonds is 6. The molecule has 0 aliphatic heterocycles. The third-order valence-corrected chi connectivity index (χ3v) is 2.23. The second-order valence-corrected chi connectivity index (χ2v) is 4.95. The second kappa shape index (κ2) is 6.96. The maximum Gasteiger partial charge on any atom is 0.224 e. The van der Waals surface area contributed by atoms with E-state index < -0.39 is 0 Å². The summed E-state index contributed by atoms with van der Waals surface area (Å²) < 4.78 is 5.31. The van der Waals surface area contributed by atoms with Crippen LogP contribution < -0.4 is 15.8 Å². The van der Waals surface area contributed by atoms with Gasteiger partial charge in [-0.15, -0.1) is 0 Å². The number of nitrogens with two attached hydrogens (primary N) is 1. The third kappa shape index (κ3) is 5.63. The Morgan fingerprint density at radius 1 is 1.39 bits per heavy atom. The summed E-state index contributed by atoms with van der Waals surface area (Å²) in [5.41, 5.74) is 6.08. The Balaban J connectivity index is 2.49. The van der Waals surface area contributed by atoms with Crippen LogP contribution >= 0.6 is 12.2 Å².